The summed E-state index contributed by atoms with van der Waals surface area (Å²) in [5, 5.41) is 15.7. The predicted molar refractivity (Wildman–Crippen MR) is 166 cm³/mol. The van der Waals surface area contributed by atoms with E-state index in [1.54, 1.807) is 32.0 Å². The van der Waals surface area contributed by atoms with Gasteiger partial charge in [0.25, 0.3) is 10.0 Å². The molecule has 0 aliphatic carbocycles. The van der Waals surface area contributed by atoms with E-state index in [0.717, 1.165) is 52.3 Å². The quantitative estimate of drug-likeness (QED) is 0.221. The van der Waals surface area contributed by atoms with Crippen molar-refractivity contribution in [2.24, 2.45) is 0 Å². The van der Waals surface area contributed by atoms with Crippen molar-refractivity contribution in [3.63, 3.8) is 0 Å². The fourth-order valence-corrected chi connectivity index (χ4v) is 6.97. The first-order valence-corrected chi connectivity index (χ1v) is 16.1. The molecule has 44 heavy (non-hydrogen) atoms. The van der Waals surface area contributed by atoms with Gasteiger partial charge in [0.1, 0.15) is 11.3 Å². The standard InChI is InChI=1S/C32H36N6O5S/c1-20-18-21(2)33-31-30(20)34-29(14-16-39)37(31)19-27(38-15-7-17-42-38)25-12-10-24(11-13-25)26-8-5-6-9-28(26)44(40,41)36-32-22(3)23(4)35-43-32/h5-6,8-13,18,27,36,39H,7,14-17,19H2,1-4H3. The molecule has 4 heterocycles. The summed E-state index contributed by atoms with van der Waals surface area (Å²) in [6.45, 7) is 9.42. The molecule has 230 valence electrons. The Morgan fingerprint density at radius 3 is 2.50 bits per heavy atom. The van der Waals surface area contributed by atoms with E-state index in [0.29, 0.717) is 36.4 Å². The SMILES string of the molecule is Cc1cc(C)c2nc(CCO)n(CC(c3ccc(-c4ccccc4S(=O)(=O)Nc4onc(C)c4C)cc3)N3CCCO3)c2n1. The minimum atomic E-state index is -3.96. The Balaban J connectivity index is 1.35. The maximum atomic E-state index is 13.5. The van der Waals surface area contributed by atoms with E-state index in [2.05, 4.69) is 14.4 Å². The fraction of sp³-hybridized carbons (Fsp3) is 0.344. The number of anilines is 1. The van der Waals surface area contributed by atoms with Gasteiger partial charge in [0.15, 0.2) is 5.65 Å². The first-order valence-electron chi connectivity index (χ1n) is 14.6. The molecule has 0 spiro atoms. The molecule has 1 aliphatic rings. The van der Waals surface area contributed by atoms with E-state index >= 15 is 0 Å². The normalized spacial score (nSPS) is 14.8. The number of hydrogen-bond donors (Lipinski definition) is 2. The molecule has 1 saturated heterocycles. The molecule has 12 heteroatoms. The lowest BCUT2D eigenvalue weighted by atomic mass is 10.00. The van der Waals surface area contributed by atoms with Crippen LogP contribution in [-0.4, -0.2) is 58.0 Å². The van der Waals surface area contributed by atoms with E-state index < -0.39 is 10.0 Å². The Bertz CT molecular complexity index is 1910. The number of benzene rings is 2. The Hall–Kier alpha value is -4.10. The highest BCUT2D eigenvalue weighted by Gasteiger charge is 2.28. The van der Waals surface area contributed by atoms with E-state index in [1.165, 1.54) is 0 Å². The molecule has 6 rings (SSSR count). The largest absolute Gasteiger partial charge is 0.396 e. The van der Waals surface area contributed by atoms with Crippen LogP contribution in [0.5, 0.6) is 0 Å². The third kappa shape index (κ3) is 5.73. The second-order valence-corrected chi connectivity index (χ2v) is 12.8. The van der Waals surface area contributed by atoms with Crippen molar-refractivity contribution in [3.8, 4) is 11.1 Å². The average molecular weight is 617 g/mol. The highest BCUT2D eigenvalue weighted by Crippen LogP contribution is 2.34. The molecule has 1 atom stereocenters. The molecular formula is C32H36N6O5S. The van der Waals surface area contributed by atoms with Gasteiger partial charge in [-0.1, -0.05) is 47.6 Å². The highest BCUT2D eigenvalue weighted by molar-refractivity contribution is 7.92. The number of fused-ring (bicyclic) bond motifs is 1. The second-order valence-electron chi connectivity index (χ2n) is 11.2. The van der Waals surface area contributed by atoms with Crippen molar-refractivity contribution >= 4 is 27.1 Å². The van der Waals surface area contributed by atoms with Crippen LogP contribution in [0.25, 0.3) is 22.3 Å². The van der Waals surface area contributed by atoms with Crippen LogP contribution in [0.1, 0.15) is 46.4 Å². The summed E-state index contributed by atoms with van der Waals surface area (Å²) < 4.78 is 36.8. The van der Waals surface area contributed by atoms with Crippen LogP contribution in [0.3, 0.4) is 0 Å². The zero-order valence-corrected chi connectivity index (χ0v) is 26.1. The van der Waals surface area contributed by atoms with Gasteiger partial charge in [-0.2, -0.15) is 5.06 Å². The highest BCUT2D eigenvalue weighted by atomic mass is 32.2. The number of aliphatic hydroxyl groups is 1. The number of aromatic nitrogens is 4. The first kappa shape index (κ1) is 29.9. The Labute approximate surface area is 256 Å². The molecule has 1 unspecified atom stereocenters. The number of rotatable bonds is 10. The Morgan fingerprint density at radius 1 is 1.05 bits per heavy atom. The van der Waals surface area contributed by atoms with Gasteiger partial charge in [0.05, 0.1) is 29.8 Å². The van der Waals surface area contributed by atoms with Crippen molar-refractivity contribution in [3.05, 3.63) is 88.5 Å². The molecule has 5 aromatic rings. The number of hydrogen-bond acceptors (Lipinski definition) is 9. The van der Waals surface area contributed by atoms with Gasteiger partial charge < -0.3 is 14.2 Å². The molecule has 1 fully saturated rings. The predicted octanol–water partition coefficient (Wildman–Crippen LogP) is 5.03. The topological polar surface area (TPSA) is 136 Å². The van der Waals surface area contributed by atoms with Crippen LogP contribution in [0, 0.1) is 27.7 Å². The minimum absolute atomic E-state index is 0.0201. The number of pyridine rings is 1. The van der Waals surface area contributed by atoms with Crippen LogP contribution in [-0.2, 0) is 27.8 Å². The summed E-state index contributed by atoms with van der Waals surface area (Å²) in [5.41, 5.74) is 7.15. The second kappa shape index (κ2) is 12.1. The van der Waals surface area contributed by atoms with Crippen molar-refractivity contribution in [1.29, 1.82) is 0 Å². The van der Waals surface area contributed by atoms with Gasteiger partial charge in [-0.25, -0.2) is 23.1 Å². The summed E-state index contributed by atoms with van der Waals surface area (Å²) in [5.74, 6) is 0.877. The van der Waals surface area contributed by atoms with Crippen molar-refractivity contribution in [2.45, 2.75) is 58.0 Å². The third-order valence-corrected chi connectivity index (χ3v) is 9.48. The summed E-state index contributed by atoms with van der Waals surface area (Å²) in [7, 11) is -3.96. The van der Waals surface area contributed by atoms with Gasteiger partial charge in [-0.3, -0.25) is 4.84 Å². The summed E-state index contributed by atoms with van der Waals surface area (Å²) >= 11 is 0. The monoisotopic (exact) mass is 616 g/mol. The van der Waals surface area contributed by atoms with Gasteiger partial charge in [0, 0.05) is 36.3 Å². The van der Waals surface area contributed by atoms with Crippen molar-refractivity contribution in [1.82, 2.24) is 24.8 Å². The average Bonchev–Trinajstić information content (AvgIpc) is 3.73. The molecule has 0 bridgehead atoms. The molecule has 0 amide bonds. The molecule has 3 aromatic heterocycles. The maximum absolute atomic E-state index is 13.5. The van der Waals surface area contributed by atoms with E-state index in [-0.39, 0.29) is 23.4 Å². The van der Waals surface area contributed by atoms with Crippen LogP contribution in [0.15, 0.2) is 64.0 Å². The molecule has 2 N–H and O–H groups in total. The summed E-state index contributed by atoms with van der Waals surface area (Å²) in [6.07, 6.45) is 1.33. The van der Waals surface area contributed by atoms with Crippen molar-refractivity contribution in [2.75, 3.05) is 24.5 Å². The van der Waals surface area contributed by atoms with Gasteiger partial charge >= 0.3 is 0 Å². The van der Waals surface area contributed by atoms with Gasteiger partial charge in [-0.05, 0) is 62.9 Å². The van der Waals surface area contributed by atoms with Gasteiger partial charge in [0.2, 0.25) is 5.88 Å². The van der Waals surface area contributed by atoms with Gasteiger partial charge in [-0.15, -0.1) is 0 Å². The summed E-state index contributed by atoms with van der Waals surface area (Å²) in [6, 6.07) is 16.6. The molecular weight excluding hydrogens is 580 g/mol. The minimum Gasteiger partial charge on any atom is -0.396 e. The Kier molecular flexibility index (Phi) is 8.25. The van der Waals surface area contributed by atoms with E-state index in [9.17, 15) is 13.5 Å². The van der Waals surface area contributed by atoms with Crippen molar-refractivity contribution < 1.29 is 22.9 Å². The van der Waals surface area contributed by atoms with Crippen LogP contribution >= 0.6 is 0 Å². The number of aliphatic hydroxyl groups excluding tert-OH is 1. The summed E-state index contributed by atoms with van der Waals surface area (Å²) in [4.78, 5) is 15.9. The first-order chi connectivity index (χ1) is 21.2. The molecule has 2 aromatic carbocycles. The number of hydroxylamine groups is 2. The smallest absolute Gasteiger partial charge is 0.264 e. The lowest BCUT2D eigenvalue weighted by Gasteiger charge is -2.28. The van der Waals surface area contributed by atoms with E-state index in [4.69, 9.17) is 19.3 Å². The van der Waals surface area contributed by atoms with E-state index in [1.807, 2.05) is 55.3 Å². The zero-order valence-electron chi connectivity index (χ0n) is 25.2. The fourth-order valence-electron chi connectivity index (χ4n) is 5.69. The molecule has 0 radical (unpaired) electrons. The number of imidazole rings is 1. The van der Waals surface area contributed by atoms with Crippen LogP contribution in [0.2, 0.25) is 0 Å². The third-order valence-electron chi connectivity index (χ3n) is 8.09. The maximum Gasteiger partial charge on any atom is 0.264 e. The zero-order chi connectivity index (χ0) is 31.0. The Morgan fingerprint density at radius 2 is 1.82 bits per heavy atom. The molecule has 0 saturated carbocycles. The van der Waals surface area contributed by atoms with Crippen LogP contribution < -0.4 is 4.72 Å². The molecule has 11 nitrogen and oxygen atoms in total. The lowest BCUT2D eigenvalue weighted by Crippen LogP contribution is -2.29. The number of nitrogens with one attached hydrogen (secondary N) is 1. The van der Waals surface area contributed by atoms with Crippen LogP contribution in [0.4, 0.5) is 5.88 Å². The molecule has 1 aliphatic heterocycles. The number of nitrogens with zero attached hydrogens (tertiary/aromatic N) is 5. The number of sulfonamides is 1. The lowest BCUT2D eigenvalue weighted by molar-refractivity contribution is -0.146. The number of aryl methyl sites for hydroxylation is 3.